The number of allylic oxidation sites excluding steroid dienone is 1. The van der Waals surface area contributed by atoms with Crippen molar-refractivity contribution in [2.45, 2.75) is 82.3 Å². The fourth-order valence-electron chi connectivity index (χ4n) is 8.39. The third-order valence-corrected chi connectivity index (χ3v) is 13.4. The third kappa shape index (κ3) is 2.43. The summed E-state index contributed by atoms with van der Waals surface area (Å²) in [4.78, 5) is 12.4. The van der Waals surface area contributed by atoms with Crippen LogP contribution in [-0.2, 0) is 4.79 Å². The molecule has 4 aliphatic carbocycles. The minimum Gasteiger partial charge on any atom is -0.382 e. The highest BCUT2D eigenvalue weighted by Crippen LogP contribution is 2.70. The summed E-state index contributed by atoms with van der Waals surface area (Å²) < 4.78 is 0.362. The van der Waals surface area contributed by atoms with Gasteiger partial charge < -0.3 is 5.11 Å². The highest BCUT2D eigenvalue weighted by Gasteiger charge is 2.66. The summed E-state index contributed by atoms with van der Waals surface area (Å²) in [6, 6.07) is 0. The molecule has 0 aromatic rings. The van der Waals surface area contributed by atoms with Gasteiger partial charge in [0.1, 0.15) is 5.60 Å². The molecule has 28 heavy (non-hydrogen) atoms. The Kier molecular flexibility index (Phi) is 4.49. The van der Waals surface area contributed by atoms with E-state index in [1.807, 2.05) is 0 Å². The number of carbonyl (C=O) groups excluding carboxylic acids is 1. The van der Waals surface area contributed by atoms with Gasteiger partial charge in [-0.05, 0) is 81.0 Å². The lowest BCUT2D eigenvalue weighted by molar-refractivity contribution is -0.160. The first-order valence-electron chi connectivity index (χ1n) is 11.4. The average Bonchev–Trinajstić information content (AvgIpc) is 3.21. The fourth-order valence-corrected chi connectivity index (χ4v) is 11.5. The van der Waals surface area contributed by atoms with Gasteiger partial charge in [0.15, 0.2) is 5.78 Å². The number of hydrogen-bond donors (Lipinski definition) is 1. The monoisotopic (exact) mass is 420 g/mol. The van der Waals surface area contributed by atoms with Crippen molar-refractivity contribution >= 4 is 29.3 Å². The van der Waals surface area contributed by atoms with E-state index in [-0.39, 0.29) is 11.2 Å². The summed E-state index contributed by atoms with van der Waals surface area (Å²) >= 11 is 4.37. The molecule has 4 heteroatoms. The molecule has 1 heterocycles. The minimum absolute atomic E-state index is 0.00138. The molecule has 7 atom stereocenters. The van der Waals surface area contributed by atoms with E-state index in [9.17, 15) is 9.90 Å². The Morgan fingerprint density at radius 3 is 2.43 bits per heavy atom. The normalized spacial score (nSPS) is 52.0. The van der Waals surface area contributed by atoms with Crippen LogP contribution in [0.2, 0.25) is 0 Å². The second-order valence-corrected chi connectivity index (χ2v) is 14.1. The van der Waals surface area contributed by atoms with Crippen LogP contribution >= 0.6 is 23.5 Å². The SMILES string of the molecule is CC(=O)[C@@]1(O)CC[C@H]2[C@@H]3C[C@H](C)C4=CC5(CC[C@]4(C)[C@H]3CC[C@@]21C)SCCS5. The van der Waals surface area contributed by atoms with E-state index in [0.29, 0.717) is 33.7 Å². The van der Waals surface area contributed by atoms with Crippen LogP contribution in [0, 0.1) is 34.5 Å². The van der Waals surface area contributed by atoms with Crippen molar-refractivity contribution in [3.63, 3.8) is 0 Å². The van der Waals surface area contributed by atoms with Gasteiger partial charge in [-0.25, -0.2) is 0 Å². The molecule has 0 aromatic heterocycles. The molecular formula is C24H36O2S2. The van der Waals surface area contributed by atoms with Gasteiger partial charge in [-0.15, -0.1) is 23.5 Å². The van der Waals surface area contributed by atoms with Gasteiger partial charge >= 0.3 is 0 Å². The first-order valence-corrected chi connectivity index (χ1v) is 13.4. The molecule has 0 aromatic carbocycles. The molecule has 3 saturated carbocycles. The fraction of sp³-hybridized carbons (Fsp3) is 0.875. The van der Waals surface area contributed by atoms with Crippen LogP contribution in [0.25, 0.3) is 0 Å². The molecule has 0 bridgehead atoms. The Morgan fingerprint density at radius 2 is 1.75 bits per heavy atom. The topological polar surface area (TPSA) is 37.3 Å². The van der Waals surface area contributed by atoms with Crippen molar-refractivity contribution in [1.82, 2.24) is 0 Å². The number of aliphatic hydroxyl groups is 1. The maximum absolute atomic E-state index is 12.4. The third-order valence-electron chi connectivity index (χ3n) is 9.95. The number of ketones is 1. The minimum atomic E-state index is -1.09. The summed E-state index contributed by atoms with van der Waals surface area (Å²) in [5.74, 6) is 5.15. The molecule has 0 radical (unpaired) electrons. The number of rotatable bonds is 1. The Bertz CT molecular complexity index is 726. The first kappa shape index (κ1) is 20.0. The van der Waals surface area contributed by atoms with Crippen molar-refractivity contribution in [2.24, 2.45) is 34.5 Å². The van der Waals surface area contributed by atoms with Gasteiger partial charge in [0.25, 0.3) is 0 Å². The Labute approximate surface area is 179 Å². The Balaban J connectivity index is 1.51. The molecule has 1 spiro atoms. The van der Waals surface area contributed by atoms with Gasteiger partial charge in [0, 0.05) is 16.9 Å². The lowest BCUT2D eigenvalue weighted by Gasteiger charge is -2.61. The van der Waals surface area contributed by atoms with Crippen LogP contribution in [0.5, 0.6) is 0 Å². The van der Waals surface area contributed by atoms with Gasteiger partial charge in [0.05, 0.1) is 4.08 Å². The first-order chi connectivity index (χ1) is 13.2. The van der Waals surface area contributed by atoms with Crippen LogP contribution in [0.15, 0.2) is 11.6 Å². The molecule has 1 N–H and O–H groups in total. The average molecular weight is 421 g/mol. The molecule has 2 nitrogen and oxygen atoms in total. The second-order valence-electron chi connectivity index (χ2n) is 11.0. The van der Waals surface area contributed by atoms with E-state index in [0.717, 1.165) is 18.8 Å². The summed E-state index contributed by atoms with van der Waals surface area (Å²) in [5.41, 5.74) is 0.779. The smallest absolute Gasteiger partial charge is 0.161 e. The van der Waals surface area contributed by atoms with Gasteiger partial charge in [-0.3, -0.25) is 4.79 Å². The maximum Gasteiger partial charge on any atom is 0.161 e. The quantitative estimate of drug-likeness (QED) is 0.553. The lowest BCUT2D eigenvalue weighted by Crippen LogP contribution is -2.58. The van der Waals surface area contributed by atoms with Crippen molar-refractivity contribution in [1.29, 1.82) is 0 Å². The van der Waals surface area contributed by atoms with E-state index in [1.54, 1.807) is 12.5 Å². The van der Waals surface area contributed by atoms with Crippen molar-refractivity contribution in [2.75, 3.05) is 11.5 Å². The summed E-state index contributed by atoms with van der Waals surface area (Å²) in [5, 5.41) is 11.3. The number of thioether (sulfide) groups is 2. The van der Waals surface area contributed by atoms with Crippen molar-refractivity contribution in [3.8, 4) is 0 Å². The molecule has 5 aliphatic rings. The van der Waals surface area contributed by atoms with Crippen molar-refractivity contribution in [3.05, 3.63) is 11.6 Å². The number of fused-ring (bicyclic) bond motifs is 5. The van der Waals surface area contributed by atoms with E-state index in [1.165, 1.54) is 37.2 Å². The van der Waals surface area contributed by atoms with E-state index in [2.05, 4.69) is 50.4 Å². The predicted molar refractivity (Wildman–Crippen MR) is 120 cm³/mol. The largest absolute Gasteiger partial charge is 0.382 e. The van der Waals surface area contributed by atoms with Crippen LogP contribution in [-0.4, -0.2) is 32.1 Å². The highest BCUT2D eigenvalue weighted by atomic mass is 32.2. The molecule has 5 rings (SSSR count). The molecule has 4 fully saturated rings. The number of carbonyl (C=O) groups is 1. The zero-order valence-corrected chi connectivity index (χ0v) is 19.6. The summed E-state index contributed by atoms with van der Waals surface area (Å²) in [6.07, 6.45) is 10.5. The zero-order chi connectivity index (χ0) is 19.9. The number of Topliss-reactive ketones (excluding diaryl/α,β-unsaturated/α-hetero) is 1. The molecular weight excluding hydrogens is 384 g/mol. The predicted octanol–water partition coefficient (Wildman–Crippen LogP) is 5.69. The zero-order valence-electron chi connectivity index (χ0n) is 17.9. The molecule has 156 valence electrons. The van der Waals surface area contributed by atoms with Gasteiger partial charge in [-0.2, -0.15) is 0 Å². The number of hydrogen-bond acceptors (Lipinski definition) is 4. The lowest BCUT2D eigenvalue weighted by atomic mass is 9.45. The van der Waals surface area contributed by atoms with Crippen LogP contribution in [0.1, 0.15) is 72.6 Å². The van der Waals surface area contributed by atoms with Crippen LogP contribution in [0.3, 0.4) is 0 Å². The maximum atomic E-state index is 12.4. The molecule has 1 aliphatic heterocycles. The molecule has 1 saturated heterocycles. The van der Waals surface area contributed by atoms with Gasteiger partial charge in [0.2, 0.25) is 0 Å². The standard InChI is InChI=1S/C24H36O2S2/c1-15-13-17-18(5-7-22(4)19(17)6-8-24(22,26)16(2)25)21(3)9-10-23(14-20(15)21)27-11-12-28-23/h14-15,17-19,26H,5-13H2,1-4H3/t15-,17+,18-,19-,21+,22-,24-/m0/s1. The van der Waals surface area contributed by atoms with E-state index < -0.39 is 5.60 Å². The molecule has 0 unspecified atom stereocenters. The van der Waals surface area contributed by atoms with E-state index >= 15 is 0 Å². The highest BCUT2D eigenvalue weighted by molar-refractivity contribution is 8.21. The van der Waals surface area contributed by atoms with E-state index in [4.69, 9.17) is 0 Å². The van der Waals surface area contributed by atoms with Crippen LogP contribution in [0.4, 0.5) is 0 Å². The summed E-state index contributed by atoms with van der Waals surface area (Å²) in [7, 11) is 0. The second kappa shape index (κ2) is 6.29. The van der Waals surface area contributed by atoms with Crippen LogP contribution < -0.4 is 0 Å². The summed E-state index contributed by atoms with van der Waals surface area (Å²) in [6.45, 7) is 8.88. The Morgan fingerprint density at radius 1 is 1.07 bits per heavy atom. The van der Waals surface area contributed by atoms with Gasteiger partial charge in [-0.1, -0.05) is 32.4 Å². The van der Waals surface area contributed by atoms with Crippen molar-refractivity contribution < 1.29 is 9.90 Å². The Hall–Kier alpha value is 0.0700. The molecule has 0 amide bonds.